The molecule has 0 spiro atoms. The molecule has 128 valence electrons. The quantitative estimate of drug-likeness (QED) is 0.323. The summed E-state index contributed by atoms with van der Waals surface area (Å²) in [5, 5.41) is 0. The Hall–Kier alpha value is -2.63. The van der Waals surface area contributed by atoms with Crippen LogP contribution in [0.5, 0.6) is 0 Å². The Kier molecular flexibility index (Phi) is 6.54. The van der Waals surface area contributed by atoms with E-state index in [2.05, 4.69) is 0 Å². The zero-order chi connectivity index (χ0) is 17.4. The lowest BCUT2D eigenvalue weighted by Gasteiger charge is -2.12. The molecule has 0 fully saturated rings. The summed E-state index contributed by atoms with van der Waals surface area (Å²) in [6.45, 7) is 0.752. The molecule has 1 aromatic carbocycles. The Morgan fingerprint density at radius 2 is 1.67 bits per heavy atom. The van der Waals surface area contributed by atoms with E-state index in [0.29, 0.717) is 44.5 Å². The van der Waals surface area contributed by atoms with Crippen LogP contribution in [0.25, 0.3) is 0 Å². The minimum Gasteiger partial charge on any atom is -0.465 e. The molecule has 1 aromatic rings. The fraction of sp³-hybridized carbons (Fsp3) is 0.389. The number of nitrogen functional groups attached to an aromatic ring is 1. The Labute approximate surface area is 141 Å². The molecular formula is C18H22N2O4. The van der Waals surface area contributed by atoms with Crippen LogP contribution in [0, 0.1) is 0 Å². The van der Waals surface area contributed by atoms with E-state index < -0.39 is 0 Å². The summed E-state index contributed by atoms with van der Waals surface area (Å²) in [4.78, 5) is 35.5. The lowest BCUT2D eigenvalue weighted by molar-refractivity contribution is -0.144. The second kappa shape index (κ2) is 8.86. The summed E-state index contributed by atoms with van der Waals surface area (Å²) in [6, 6.07) is 7.48. The van der Waals surface area contributed by atoms with Gasteiger partial charge in [-0.15, -0.1) is 0 Å². The van der Waals surface area contributed by atoms with E-state index in [1.807, 2.05) is 24.3 Å². The molecule has 0 aromatic heterocycles. The van der Waals surface area contributed by atoms with Crippen LogP contribution in [0.3, 0.4) is 0 Å². The Balaban J connectivity index is 1.51. The van der Waals surface area contributed by atoms with Gasteiger partial charge in [0.1, 0.15) is 0 Å². The molecule has 1 aliphatic heterocycles. The number of esters is 1. The van der Waals surface area contributed by atoms with Gasteiger partial charge in [0.2, 0.25) is 0 Å². The molecular weight excluding hydrogens is 308 g/mol. The van der Waals surface area contributed by atoms with Crippen LogP contribution in [0.1, 0.15) is 31.2 Å². The van der Waals surface area contributed by atoms with Gasteiger partial charge in [0, 0.05) is 37.2 Å². The van der Waals surface area contributed by atoms with Crippen molar-refractivity contribution in [1.29, 1.82) is 0 Å². The summed E-state index contributed by atoms with van der Waals surface area (Å²) >= 11 is 0. The van der Waals surface area contributed by atoms with Gasteiger partial charge in [-0.25, -0.2) is 0 Å². The largest absolute Gasteiger partial charge is 0.465 e. The van der Waals surface area contributed by atoms with Crippen LogP contribution in [0.2, 0.25) is 0 Å². The van der Waals surface area contributed by atoms with Crippen molar-refractivity contribution in [2.75, 3.05) is 18.9 Å². The lowest BCUT2D eigenvalue weighted by Crippen LogP contribution is -2.30. The molecule has 0 bridgehead atoms. The average molecular weight is 330 g/mol. The van der Waals surface area contributed by atoms with Crippen LogP contribution in [-0.2, 0) is 25.5 Å². The number of anilines is 1. The molecule has 1 heterocycles. The molecule has 1 aliphatic rings. The first-order chi connectivity index (χ1) is 11.6. The maximum absolute atomic E-state index is 11.6. The number of ether oxygens (including phenoxy) is 1. The van der Waals surface area contributed by atoms with Gasteiger partial charge in [0.05, 0.1) is 6.61 Å². The summed E-state index contributed by atoms with van der Waals surface area (Å²) < 4.78 is 5.19. The van der Waals surface area contributed by atoms with E-state index in [1.54, 1.807) is 0 Å². The summed E-state index contributed by atoms with van der Waals surface area (Å²) in [7, 11) is 0. The summed E-state index contributed by atoms with van der Waals surface area (Å²) in [5.74, 6) is -0.746. The summed E-state index contributed by atoms with van der Waals surface area (Å²) in [5.41, 5.74) is 7.40. The van der Waals surface area contributed by atoms with Crippen molar-refractivity contribution in [1.82, 2.24) is 4.90 Å². The highest BCUT2D eigenvalue weighted by atomic mass is 16.5. The van der Waals surface area contributed by atoms with E-state index in [0.717, 1.165) is 12.0 Å². The first-order valence-electron chi connectivity index (χ1n) is 8.10. The number of carbonyl (C=O) groups is 3. The second-order valence-corrected chi connectivity index (χ2v) is 5.68. The van der Waals surface area contributed by atoms with Crippen molar-refractivity contribution in [2.24, 2.45) is 0 Å². The monoisotopic (exact) mass is 330 g/mol. The number of carbonyl (C=O) groups excluding carboxylic acids is 3. The van der Waals surface area contributed by atoms with Gasteiger partial charge >= 0.3 is 5.97 Å². The number of benzene rings is 1. The third-order valence-corrected chi connectivity index (χ3v) is 3.80. The molecule has 0 aliphatic carbocycles. The van der Waals surface area contributed by atoms with Gasteiger partial charge in [0.25, 0.3) is 11.8 Å². The van der Waals surface area contributed by atoms with Gasteiger partial charge < -0.3 is 10.5 Å². The highest BCUT2D eigenvalue weighted by Gasteiger charge is 2.22. The minimum absolute atomic E-state index is 0.222. The van der Waals surface area contributed by atoms with Crippen LogP contribution >= 0.6 is 0 Å². The molecule has 2 rings (SSSR count). The smallest absolute Gasteiger partial charge is 0.305 e. The molecule has 24 heavy (non-hydrogen) atoms. The lowest BCUT2D eigenvalue weighted by atomic mass is 10.1. The van der Waals surface area contributed by atoms with Crippen molar-refractivity contribution in [2.45, 2.75) is 32.1 Å². The molecule has 0 radical (unpaired) electrons. The van der Waals surface area contributed by atoms with Gasteiger partial charge in [-0.1, -0.05) is 18.6 Å². The summed E-state index contributed by atoms with van der Waals surface area (Å²) in [6.07, 6.45) is 5.72. The molecule has 0 saturated heterocycles. The zero-order valence-corrected chi connectivity index (χ0v) is 13.6. The number of nitrogens with two attached hydrogens (primary N) is 1. The average Bonchev–Trinajstić information content (AvgIpc) is 2.88. The number of hydrogen-bond acceptors (Lipinski definition) is 5. The second-order valence-electron chi connectivity index (χ2n) is 5.68. The predicted octanol–water partition coefficient (Wildman–Crippen LogP) is 1.84. The predicted molar refractivity (Wildman–Crippen MR) is 89.8 cm³/mol. The van der Waals surface area contributed by atoms with Crippen LogP contribution < -0.4 is 5.73 Å². The molecule has 0 atom stereocenters. The molecule has 6 heteroatoms. The SMILES string of the molecule is Nc1ccc(CCOC(=O)CCCCCN2C(=O)C=CC2=O)cc1. The van der Waals surface area contributed by atoms with Crippen molar-refractivity contribution >= 4 is 23.5 Å². The molecule has 0 unspecified atom stereocenters. The van der Waals surface area contributed by atoms with Crippen LogP contribution in [0.15, 0.2) is 36.4 Å². The molecule has 2 amide bonds. The van der Waals surface area contributed by atoms with Crippen molar-refractivity contribution < 1.29 is 19.1 Å². The highest BCUT2D eigenvalue weighted by molar-refractivity contribution is 6.12. The number of nitrogens with zero attached hydrogens (tertiary/aromatic N) is 1. The number of amides is 2. The third-order valence-electron chi connectivity index (χ3n) is 3.80. The van der Waals surface area contributed by atoms with Gasteiger partial charge in [0.15, 0.2) is 0 Å². The Morgan fingerprint density at radius 1 is 1.00 bits per heavy atom. The number of hydrogen-bond donors (Lipinski definition) is 1. The number of unbranched alkanes of at least 4 members (excludes halogenated alkanes) is 2. The normalized spacial score (nSPS) is 13.6. The van der Waals surface area contributed by atoms with Crippen molar-refractivity contribution in [3.8, 4) is 0 Å². The van der Waals surface area contributed by atoms with Gasteiger partial charge in [-0.05, 0) is 30.5 Å². The van der Waals surface area contributed by atoms with Gasteiger partial charge in [-0.3, -0.25) is 19.3 Å². The van der Waals surface area contributed by atoms with E-state index in [4.69, 9.17) is 10.5 Å². The first-order valence-corrected chi connectivity index (χ1v) is 8.10. The highest BCUT2D eigenvalue weighted by Crippen LogP contribution is 2.09. The fourth-order valence-electron chi connectivity index (χ4n) is 2.41. The Morgan fingerprint density at radius 3 is 2.33 bits per heavy atom. The van der Waals surface area contributed by atoms with E-state index in [9.17, 15) is 14.4 Å². The maximum atomic E-state index is 11.6. The van der Waals surface area contributed by atoms with E-state index >= 15 is 0 Å². The fourth-order valence-corrected chi connectivity index (χ4v) is 2.41. The van der Waals surface area contributed by atoms with E-state index in [1.165, 1.54) is 17.1 Å². The minimum atomic E-state index is -0.262. The number of imide groups is 1. The standard InChI is InChI=1S/C18H22N2O4/c19-15-7-5-14(6-8-15)11-13-24-18(23)4-2-1-3-12-20-16(21)9-10-17(20)22/h5-10H,1-4,11-13,19H2. The first kappa shape index (κ1) is 17.7. The Bertz CT molecular complexity index is 604. The topological polar surface area (TPSA) is 89.7 Å². The van der Waals surface area contributed by atoms with Crippen LogP contribution in [-0.4, -0.2) is 35.8 Å². The van der Waals surface area contributed by atoms with Gasteiger partial charge in [-0.2, -0.15) is 0 Å². The van der Waals surface area contributed by atoms with Crippen molar-refractivity contribution in [3.05, 3.63) is 42.0 Å². The molecule has 0 saturated carbocycles. The molecule has 2 N–H and O–H groups in total. The van der Waals surface area contributed by atoms with Crippen LogP contribution in [0.4, 0.5) is 5.69 Å². The zero-order valence-electron chi connectivity index (χ0n) is 13.6. The van der Waals surface area contributed by atoms with E-state index in [-0.39, 0.29) is 17.8 Å². The maximum Gasteiger partial charge on any atom is 0.305 e. The van der Waals surface area contributed by atoms with Crippen molar-refractivity contribution in [3.63, 3.8) is 0 Å². The molecule has 6 nitrogen and oxygen atoms in total. The number of rotatable bonds is 9. The third kappa shape index (κ3) is 5.53.